The lowest BCUT2D eigenvalue weighted by atomic mass is 10.3. The maximum Gasteiger partial charge on any atom is 0.311 e. The third kappa shape index (κ3) is 3.45. The maximum absolute atomic E-state index is 11.1. The van der Waals surface area contributed by atoms with E-state index in [1.807, 2.05) is 0 Å². The first-order chi connectivity index (χ1) is 7.17. The molecular formula is C8H13N3O3S. The summed E-state index contributed by atoms with van der Waals surface area (Å²) in [6.45, 7) is 2.11. The molecule has 0 spiro atoms. The van der Waals surface area contributed by atoms with E-state index in [0.717, 1.165) is 0 Å². The number of nitrogens with two attached hydrogens (primary N) is 1. The maximum atomic E-state index is 11.1. The average molecular weight is 231 g/mol. The highest BCUT2D eigenvalue weighted by molar-refractivity contribution is 8.05. The summed E-state index contributed by atoms with van der Waals surface area (Å²) in [5.74, 6) is -0.317. The van der Waals surface area contributed by atoms with Crippen LogP contribution in [-0.4, -0.2) is 24.9 Å². The minimum absolute atomic E-state index is 0.122. The largest absolute Gasteiger partial charge is 0.466 e. The summed E-state index contributed by atoms with van der Waals surface area (Å²) in [6, 6.07) is 0. The van der Waals surface area contributed by atoms with Gasteiger partial charge in [-0.3, -0.25) is 4.79 Å². The van der Waals surface area contributed by atoms with Gasteiger partial charge in [-0.25, -0.2) is 9.83 Å². The van der Waals surface area contributed by atoms with Crippen LogP contribution in [0.1, 0.15) is 13.3 Å². The second-order valence-corrected chi connectivity index (χ2v) is 4.04. The molecule has 6 nitrogen and oxygen atoms in total. The van der Waals surface area contributed by atoms with Gasteiger partial charge >= 0.3 is 5.97 Å². The summed E-state index contributed by atoms with van der Waals surface area (Å²) < 4.78 is 8.54. The van der Waals surface area contributed by atoms with Crippen molar-refractivity contribution in [1.82, 2.24) is 0 Å². The van der Waals surface area contributed by atoms with Crippen molar-refractivity contribution in [3.8, 4) is 0 Å². The zero-order valence-corrected chi connectivity index (χ0v) is 9.41. The predicted molar refractivity (Wildman–Crippen MR) is 57.8 cm³/mol. The fourth-order valence-electron chi connectivity index (χ4n) is 0.985. The lowest BCUT2D eigenvalue weighted by Gasteiger charge is -1.98. The van der Waals surface area contributed by atoms with Gasteiger partial charge in [0.15, 0.2) is 5.17 Å². The number of aliphatic imine (C=N–C) groups is 1. The summed E-state index contributed by atoms with van der Waals surface area (Å²) in [7, 11) is 0.780. The summed E-state index contributed by atoms with van der Waals surface area (Å²) in [6.07, 6.45) is 0.122. The van der Waals surface area contributed by atoms with Gasteiger partial charge in [0.1, 0.15) is 0 Å². The van der Waals surface area contributed by atoms with Crippen LogP contribution in [0.5, 0.6) is 0 Å². The van der Waals surface area contributed by atoms with Gasteiger partial charge in [-0.15, -0.1) is 0 Å². The summed E-state index contributed by atoms with van der Waals surface area (Å²) in [4.78, 5) is 19.8. The first-order valence-corrected chi connectivity index (χ1v) is 5.59. The van der Waals surface area contributed by atoms with Crippen LogP contribution < -0.4 is 5.73 Å². The van der Waals surface area contributed by atoms with Crippen LogP contribution in [0.4, 0.5) is 0 Å². The molecule has 2 N–H and O–H groups in total. The number of esters is 1. The first kappa shape index (κ1) is 11.9. The molecule has 1 aliphatic heterocycles. The highest BCUT2D eigenvalue weighted by atomic mass is 32.2. The highest BCUT2D eigenvalue weighted by Gasteiger charge is 2.15. The molecule has 0 aromatic carbocycles. The van der Waals surface area contributed by atoms with Crippen molar-refractivity contribution < 1.29 is 14.4 Å². The Morgan fingerprint density at radius 3 is 3.07 bits per heavy atom. The number of carbonyl (C=O) groups excluding carboxylic acids is 1. The number of rotatable bonds is 4. The predicted octanol–water partition coefficient (Wildman–Crippen LogP) is 0.473. The van der Waals surface area contributed by atoms with E-state index in [2.05, 4.69) is 14.4 Å². The number of hydrogen-bond donors (Lipinski definition) is 1. The zero-order valence-electron chi connectivity index (χ0n) is 8.60. The Morgan fingerprint density at radius 2 is 2.47 bits per heavy atom. The molecule has 0 saturated heterocycles. The number of nitrogens with zero attached hydrogens (tertiary/aromatic N) is 2. The normalized spacial score (nSPS) is 20.0. The second kappa shape index (κ2) is 5.62. The van der Waals surface area contributed by atoms with Crippen LogP contribution in [0.25, 0.3) is 0 Å². The number of carbonyl (C=O) groups is 1. The van der Waals surface area contributed by atoms with Gasteiger partial charge < -0.3 is 10.5 Å². The molecule has 0 amide bonds. The van der Waals surface area contributed by atoms with Crippen LogP contribution in [-0.2, 0) is 25.1 Å². The SMILES string of the molecule is CCOC(=O)CC1=CS(=NOC)C(N)=N1. The quantitative estimate of drug-likeness (QED) is 0.563. The molecule has 0 aromatic heterocycles. The highest BCUT2D eigenvalue weighted by Crippen LogP contribution is 2.14. The monoisotopic (exact) mass is 231 g/mol. The summed E-state index contributed by atoms with van der Waals surface area (Å²) >= 11 is 0. The molecule has 1 atom stereocenters. The molecule has 7 heteroatoms. The van der Waals surface area contributed by atoms with Gasteiger partial charge in [-0.1, -0.05) is 4.53 Å². The molecule has 1 aliphatic rings. The van der Waals surface area contributed by atoms with Gasteiger partial charge in [0, 0.05) is 16.1 Å². The Bertz CT molecular complexity index is 349. The third-order valence-electron chi connectivity index (χ3n) is 1.50. The number of ether oxygens (including phenoxy) is 1. The molecule has 0 aromatic rings. The van der Waals surface area contributed by atoms with Gasteiger partial charge in [0.05, 0.1) is 25.8 Å². The molecule has 84 valence electrons. The fourth-order valence-corrected chi connectivity index (χ4v) is 1.99. The van der Waals surface area contributed by atoms with E-state index in [1.165, 1.54) is 7.11 Å². The number of hydrogen-bond acceptors (Lipinski definition) is 6. The fraction of sp³-hybridized carbons (Fsp3) is 0.500. The van der Waals surface area contributed by atoms with Crippen LogP contribution in [0, 0.1) is 0 Å². The lowest BCUT2D eigenvalue weighted by Crippen LogP contribution is -2.13. The Morgan fingerprint density at radius 1 is 1.73 bits per heavy atom. The smallest absolute Gasteiger partial charge is 0.311 e. The molecule has 0 aliphatic carbocycles. The van der Waals surface area contributed by atoms with Crippen LogP contribution >= 0.6 is 0 Å². The molecule has 1 heterocycles. The van der Waals surface area contributed by atoms with Gasteiger partial charge in [0.25, 0.3) is 0 Å². The van der Waals surface area contributed by atoms with Gasteiger partial charge in [0.2, 0.25) is 0 Å². The van der Waals surface area contributed by atoms with E-state index in [0.29, 0.717) is 17.5 Å². The summed E-state index contributed by atoms with van der Waals surface area (Å²) in [5.41, 5.74) is 6.17. The zero-order chi connectivity index (χ0) is 11.3. The molecular weight excluding hydrogens is 218 g/mol. The molecule has 15 heavy (non-hydrogen) atoms. The van der Waals surface area contributed by atoms with Crippen molar-refractivity contribution in [3.05, 3.63) is 11.1 Å². The Kier molecular flexibility index (Phi) is 4.44. The van der Waals surface area contributed by atoms with E-state index >= 15 is 0 Å². The molecule has 0 bridgehead atoms. The van der Waals surface area contributed by atoms with Gasteiger partial charge in [-0.2, -0.15) is 0 Å². The van der Waals surface area contributed by atoms with Crippen LogP contribution in [0.3, 0.4) is 0 Å². The topological polar surface area (TPSA) is 86.3 Å². The van der Waals surface area contributed by atoms with E-state index in [9.17, 15) is 4.79 Å². The van der Waals surface area contributed by atoms with Crippen molar-refractivity contribution in [1.29, 1.82) is 0 Å². The molecule has 1 rings (SSSR count). The first-order valence-electron chi connectivity index (χ1n) is 4.35. The van der Waals surface area contributed by atoms with Gasteiger partial charge in [-0.05, 0) is 6.92 Å². The Hall–Kier alpha value is -1.21. The van der Waals surface area contributed by atoms with Crippen molar-refractivity contribution in [3.63, 3.8) is 0 Å². The average Bonchev–Trinajstić information content (AvgIpc) is 2.48. The minimum atomic E-state index is -0.662. The minimum Gasteiger partial charge on any atom is -0.466 e. The van der Waals surface area contributed by atoms with Crippen molar-refractivity contribution in [2.75, 3.05) is 13.7 Å². The van der Waals surface area contributed by atoms with Crippen molar-refractivity contribution in [2.24, 2.45) is 15.3 Å². The van der Waals surface area contributed by atoms with Crippen molar-refractivity contribution >= 4 is 21.8 Å². The van der Waals surface area contributed by atoms with E-state index < -0.39 is 10.7 Å². The Balaban J connectivity index is 2.63. The summed E-state index contributed by atoms with van der Waals surface area (Å²) in [5, 5.41) is 2.06. The number of amidine groups is 1. The molecule has 0 saturated carbocycles. The third-order valence-corrected chi connectivity index (χ3v) is 2.83. The van der Waals surface area contributed by atoms with Crippen molar-refractivity contribution in [2.45, 2.75) is 13.3 Å². The van der Waals surface area contributed by atoms with Crippen LogP contribution in [0.15, 0.2) is 20.6 Å². The molecule has 0 fully saturated rings. The van der Waals surface area contributed by atoms with E-state index in [-0.39, 0.29) is 12.4 Å². The molecule has 0 radical (unpaired) electrons. The standard InChI is InChI=1S/C8H13N3O3S/c1-3-14-7(12)4-6-5-15(11-13-2)8(9)10-6/h5H,3-4H2,1-2H3,(H2,9,10). The van der Waals surface area contributed by atoms with E-state index in [1.54, 1.807) is 12.3 Å². The van der Waals surface area contributed by atoms with Crippen LogP contribution in [0.2, 0.25) is 0 Å². The lowest BCUT2D eigenvalue weighted by molar-refractivity contribution is -0.142. The Labute approximate surface area is 90.2 Å². The second-order valence-electron chi connectivity index (χ2n) is 2.61. The van der Waals surface area contributed by atoms with E-state index in [4.69, 9.17) is 10.5 Å². The molecule has 1 unspecified atom stereocenters.